The quantitative estimate of drug-likeness (QED) is 0.508. The summed E-state index contributed by atoms with van der Waals surface area (Å²) in [6.45, 7) is 0. The number of nitrogens with zero attached hydrogens (tertiary/aromatic N) is 1. The molecule has 2 aromatic rings. The molecule has 2 rings (SSSR count). The van der Waals surface area contributed by atoms with Gasteiger partial charge < -0.3 is 0 Å². The molecule has 0 aliphatic rings. The number of para-hydroxylation sites is 2. The van der Waals surface area contributed by atoms with Gasteiger partial charge in [0.1, 0.15) is 0 Å². The average molecular weight is 274 g/mol. The molecular weight excluding hydrogens is 263 g/mol. The zero-order valence-electron chi connectivity index (χ0n) is 8.63. The van der Waals surface area contributed by atoms with Crippen LogP contribution in [0.5, 0.6) is 0 Å². The number of amidine groups is 1. The van der Waals surface area contributed by atoms with Gasteiger partial charge in [-0.2, -0.15) is 0 Å². The topological polar surface area (TPSA) is 24.4 Å². The van der Waals surface area contributed by atoms with Gasteiger partial charge >= 0.3 is 103 Å². The molecule has 0 heterocycles. The number of hydrogen-bond acceptors (Lipinski definition) is 1. The molecule has 0 fully saturated rings. The first kappa shape index (κ1) is 10.9. The van der Waals surface area contributed by atoms with Crippen LogP contribution >= 0.6 is 0 Å². The Morgan fingerprint density at radius 2 is 1.44 bits per heavy atom. The van der Waals surface area contributed by atoms with Crippen LogP contribution in [0, 0.1) is 0 Å². The summed E-state index contributed by atoms with van der Waals surface area (Å²) in [7, 11) is 0. The van der Waals surface area contributed by atoms with Crippen LogP contribution in [0.4, 0.5) is 11.4 Å². The van der Waals surface area contributed by atoms with E-state index in [1.54, 1.807) is 0 Å². The second-order valence-corrected chi connectivity index (χ2v) is 4.05. The molecule has 0 unspecified atom stereocenters. The predicted octanol–water partition coefficient (Wildman–Crippen LogP) is 2.95. The van der Waals surface area contributed by atoms with E-state index in [1.807, 2.05) is 60.7 Å². The molecule has 16 heavy (non-hydrogen) atoms. The third kappa shape index (κ3) is 3.23. The molecule has 2 nitrogen and oxygen atoms in total. The molecule has 0 saturated heterocycles. The summed E-state index contributed by atoms with van der Waals surface area (Å²) >= 11 is 2.91. The van der Waals surface area contributed by atoms with Crippen LogP contribution in [-0.4, -0.2) is 20.7 Å². The van der Waals surface area contributed by atoms with Crippen molar-refractivity contribution in [3.8, 4) is 0 Å². The van der Waals surface area contributed by atoms with Crippen molar-refractivity contribution in [1.29, 1.82) is 0 Å². The van der Waals surface area contributed by atoms with Crippen molar-refractivity contribution in [1.82, 2.24) is 0 Å². The van der Waals surface area contributed by atoms with E-state index in [2.05, 4.69) is 26.3 Å². The molecule has 0 atom stereocenters. The summed E-state index contributed by atoms with van der Waals surface area (Å²) in [6, 6.07) is 19.8. The minimum absolute atomic E-state index is 0.761. The number of rotatable bonds is 2. The van der Waals surface area contributed by atoms with E-state index in [4.69, 9.17) is 0 Å². The van der Waals surface area contributed by atoms with E-state index in [0.717, 1.165) is 16.1 Å². The summed E-state index contributed by atoms with van der Waals surface area (Å²) in [5.41, 5.74) is 1.95. The van der Waals surface area contributed by atoms with Crippen LogP contribution in [0.2, 0.25) is 0 Å². The molecular formula is C13H11N2Se. The van der Waals surface area contributed by atoms with E-state index < -0.39 is 0 Å². The fourth-order valence-electron chi connectivity index (χ4n) is 1.29. The van der Waals surface area contributed by atoms with Gasteiger partial charge in [0.15, 0.2) is 0 Å². The Labute approximate surface area is 103 Å². The van der Waals surface area contributed by atoms with Crippen LogP contribution in [0.25, 0.3) is 0 Å². The van der Waals surface area contributed by atoms with E-state index in [-0.39, 0.29) is 0 Å². The molecule has 2 aromatic carbocycles. The molecule has 79 valence electrons. The van der Waals surface area contributed by atoms with Gasteiger partial charge in [-0.3, -0.25) is 0 Å². The summed E-state index contributed by atoms with van der Waals surface area (Å²) < 4.78 is 0.761. The fourth-order valence-corrected chi connectivity index (χ4v) is 1.76. The molecule has 0 spiro atoms. The average Bonchev–Trinajstić information content (AvgIpc) is 2.31. The van der Waals surface area contributed by atoms with Crippen molar-refractivity contribution in [2.24, 2.45) is 4.99 Å². The van der Waals surface area contributed by atoms with Gasteiger partial charge in [0.25, 0.3) is 0 Å². The van der Waals surface area contributed by atoms with Crippen molar-refractivity contribution >= 4 is 32.1 Å². The predicted molar refractivity (Wildman–Crippen MR) is 69.4 cm³/mol. The number of nitrogens with one attached hydrogen (secondary N) is 1. The summed E-state index contributed by atoms with van der Waals surface area (Å²) in [6.07, 6.45) is 0. The van der Waals surface area contributed by atoms with E-state index in [1.165, 1.54) is 0 Å². The summed E-state index contributed by atoms with van der Waals surface area (Å²) in [4.78, 5) is 4.40. The van der Waals surface area contributed by atoms with E-state index >= 15 is 0 Å². The van der Waals surface area contributed by atoms with Gasteiger partial charge in [0.2, 0.25) is 0 Å². The Hall–Kier alpha value is -1.57. The molecule has 0 aromatic heterocycles. The fraction of sp³-hybridized carbons (Fsp3) is 0. The van der Waals surface area contributed by atoms with Gasteiger partial charge in [-0.1, -0.05) is 0 Å². The SMILES string of the molecule is [Se]C(=Nc1ccccc1)Nc1ccccc1. The van der Waals surface area contributed by atoms with Crippen molar-refractivity contribution in [3.05, 3.63) is 60.7 Å². The number of hydrogen-bond donors (Lipinski definition) is 1. The Bertz CT molecular complexity index is 466. The monoisotopic (exact) mass is 275 g/mol. The van der Waals surface area contributed by atoms with Crippen molar-refractivity contribution < 1.29 is 0 Å². The summed E-state index contributed by atoms with van der Waals surface area (Å²) in [5.74, 6) is 0. The molecule has 1 radical (unpaired) electrons. The number of benzene rings is 2. The van der Waals surface area contributed by atoms with Crippen LogP contribution in [-0.2, 0) is 0 Å². The Morgan fingerprint density at radius 1 is 0.875 bits per heavy atom. The van der Waals surface area contributed by atoms with Gasteiger partial charge in [0, 0.05) is 0 Å². The Balaban J connectivity index is 2.09. The summed E-state index contributed by atoms with van der Waals surface area (Å²) in [5, 5.41) is 3.18. The van der Waals surface area contributed by atoms with Crippen molar-refractivity contribution in [3.63, 3.8) is 0 Å². The molecule has 1 N–H and O–H groups in total. The first-order chi connectivity index (χ1) is 7.84. The van der Waals surface area contributed by atoms with Crippen molar-refractivity contribution in [2.45, 2.75) is 0 Å². The third-order valence-electron chi connectivity index (χ3n) is 2.01. The minimum atomic E-state index is 0.761. The van der Waals surface area contributed by atoms with E-state index in [9.17, 15) is 0 Å². The van der Waals surface area contributed by atoms with Gasteiger partial charge in [-0.15, -0.1) is 0 Å². The zero-order valence-corrected chi connectivity index (χ0v) is 10.3. The third-order valence-corrected chi connectivity index (χ3v) is 2.42. The molecule has 3 heteroatoms. The second kappa shape index (κ2) is 5.50. The normalized spacial score (nSPS) is 11.1. The molecule has 0 aliphatic heterocycles. The number of aliphatic imine (C=N–C) groups is 1. The van der Waals surface area contributed by atoms with Gasteiger partial charge in [-0.25, -0.2) is 0 Å². The Morgan fingerprint density at radius 3 is 2.06 bits per heavy atom. The van der Waals surface area contributed by atoms with Crippen LogP contribution < -0.4 is 5.32 Å². The van der Waals surface area contributed by atoms with E-state index in [0.29, 0.717) is 0 Å². The standard InChI is InChI=1S/C13H11N2Se/c16-13(14-11-7-3-1-4-8-11)15-12-9-5-2-6-10-12/h1-10H,(H,14,15). The Kier molecular flexibility index (Phi) is 3.75. The molecule has 0 saturated carbocycles. The van der Waals surface area contributed by atoms with Crippen LogP contribution in [0.15, 0.2) is 65.7 Å². The number of anilines is 1. The van der Waals surface area contributed by atoms with Crippen LogP contribution in [0.3, 0.4) is 0 Å². The first-order valence-electron chi connectivity index (χ1n) is 4.97. The molecule has 0 bridgehead atoms. The first-order valence-corrected chi connectivity index (χ1v) is 5.83. The van der Waals surface area contributed by atoms with Gasteiger partial charge in [-0.05, 0) is 0 Å². The van der Waals surface area contributed by atoms with Crippen molar-refractivity contribution in [2.75, 3.05) is 5.32 Å². The zero-order chi connectivity index (χ0) is 11.2. The molecule has 0 amide bonds. The molecule has 0 aliphatic carbocycles. The second-order valence-electron chi connectivity index (χ2n) is 3.24. The maximum absolute atomic E-state index is 4.40. The van der Waals surface area contributed by atoms with Gasteiger partial charge in [0.05, 0.1) is 0 Å². The maximum atomic E-state index is 4.40. The van der Waals surface area contributed by atoms with Crippen LogP contribution in [0.1, 0.15) is 0 Å².